The van der Waals surface area contributed by atoms with Crippen molar-refractivity contribution in [2.45, 2.75) is 12.7 Å². The van der Waals surface area contributed by atoms with E-state index in [1.807, 2.05) is 0 Å². The van der Waals surface area contributed by atoms with Crippen LogP contribution in [0.15, 0.2) is 22.7 Å². The van der Waals surface area contributed by atoms with E-state index in [0.29, 0.717) is 4.47 Å². The van der Waals surface area contributed by atoms with Crippen LogP contribution in [0.5, 0.6) is 0 Å². The maximum absolute atomic E-state index is 13.2. The number of halogens is 5. The Morgan fingerprint density at radius 2 is 1.94 bits per heavy atom. The molecule has 0 spiro atoms. The Morgan fingerprint density at radius 1 is 1.33 bits per heavy atom. The van der Waals surface area contributed by atoms with Crippen LogP contribution in [-0.4, -0.2) is 12.9 Å². The quantitative estimate of drug-likeness (QED) is 0.630. The van der Waals surface area contributed by atoms with Gasteiger partial charge in [0.2, 0.25) is 5.91 Å². The van der Waals surface area contributed by atoms with E-state index in [0.717, 1.165) is 6.07 Å². The van der Waals surface area contributed by atoms with Crippen LogP contribution in [0.25, 0.3) is 0 Å². The molecule has 0 radical (unpaired) electrons. The molecule has 1 rings (SSSR count). The van der Waals surface area contributed by atoms with E-state index in [2.05, 4.69) is 21.2 Å². The van der Waals surface area contributed by atoms with Crippen LogP contribution in [0.3, 0.4) is 0 Å². The molecule has 18 heavy (non-hydrogen) atoms. The summed E-state index contributed by atoms with van der Waals surface area (Å²) in [6.45, 7) is -4.99. The molecule has 9 heteroatoms. The van der Waals surface area contributed by atoms with Crippen LogP contribution in [0, 0.1) is 5.82 Å². The van der Waals surface area contributed by atoms with Gasteiger partial charge in [-0.3, -0.25) is 4.79 Å². The second kappa shape index (κ2) is 8.01. The number of amides is 1. The number of hydrogen-bond donors (Lipinski definition) is 1. The molecule has 0 heterocycles. The van der Waals surface area contributed by atoms with Crippen LogP contribution in [0.1, 0.15) is 6.42 Å². The van der Waals surface area contributed by atoms with Crippen molar-refractivity contribution >= 4 is 34.5 Å². The molecule has 1 aromatic rings. The van der Waals surface area contributed by atoms with E-state index in [4.69, 9.17) is 0 Å². The van der Waals surface area contributed by atoms with E-state index in [9.17, 15) is 22.1 Å². The van der Waals surface area contributed by atoms with Crippen LogP contribution >= 0.6 is 15.9 Å². The number of carbonyl (C=O) groups is 1. The largest absolute Gasteiger partial charge is 1.00 e. The van der Waals surface area contributed by atoms with Gasteiger partial charge < -0.3 is 18.3 Å². The van der Waals surface area contributed by atoms with Gasteiger partial charge in [0, 0.05) is 10.9 Å². The first-order chi connectivity index (χ1) is 7.78. The van der Waals surface area contributed by atoms with Crippen LogP contribution < -0.4 is 56.7 Å². The van der Waals surface area contributed by atoms with E-state index >= 15 is 0 Å². The van der Waals surface area contributed by atoms with Crippen molar-refractivity contribution in [3.8, 4) is 0 Å². The van der Waals surface area contributed by atoms with Crippen molar-refractivity contribution in [2.24, 2.45) is 0 Å². The third-order valence-corrected chi connectivity index (χ3v) is 2.39. The summed E-state index contributed by atoms with van der Waals surface area (Å²) in [5, 5.41) is 2.09. The maximum atomic E-state index is 13.2. The molecule has 0 fully saturated rings. The Bertz CT molecular complexity index is 430. The summed E-state index contributed by atoms with van der Waals surface area (Å²) in [5.74, 6) is -1.56. The van der Waals surface area contributed by atoms with Crippen molar-refractivity contribution in [1.82, 2.24) is 0 Å². The average molecular weight is 352 g/mol. The Balaban J connectivity index is 0.00000289. The molecule has 0 aliphatic rings. The summed E-state index contributed by atoms with van der Waals surface area (Å²) < 4.78 is 49.4. The third kappa shape index (κ3) is 7.25. The molecular weight excluding hydrogens is 344 g/mol. The summed E-state index contributed by atoms with van der Waals surface area (Å²) >= 11 is 3.06. The molecule has 0 atom stereocenters. The average Bonchev–Trinajstić information content (AvgIpc) is 2.20. The zero-order valence-corrected chi connectivity index (χ0v) is 14.2. The molecule has 0 aromatic heterocycles. The second-order valence-corrected chi connectivity index (χ2v) is 4.34. The zero-order valence-electron chi connectivity index (χ0n) is 9.52. The summed E-state index contributed by atoms with van der Waals surface area (Å²) in [5.41, 5.74) is -0.140. The fourth-order valence-corrected chi connectivity index (χ4v) is 1.46. The standard InChI is InChI=1S/C9H8BBrF4NO.K/c11-6-1-2-7(12)8(5-6)16-9(17)3-4-10(13,14)15;/h1-2,5H,3-4H2,(H,16,17);/q-1;+1. The van der Waals surface area contributed by atoms with Crippen molar-refractivity contribution < 1.29 is 73.5 Å². The van der Waals surface area contributed by atoms with Crippen molar-refractivity contribution in [1.29, 1.82) is 0 Å². The third-order valence-electron chi connectivity index (χ3n) is 1.90. The van der Waals surface area contributed by atoms with Gasteiger partial charge in [0.25, 0.3) is 0 Å². The first-order valence-electron chi connectivity index (χ1n) is 4.74. The molecular formula is C9H8BBrF4KNO. The van der Waals surface area contributed by atoms with Gasteiger partial charge in [-0.15, -0.1) is 0 Å². The van der Waals surface area contributed by atoms with Gasteiger partial charge >= 0.3 is 58.4 Å². The fourth-order valence-electron chi connectivity index (χ4n) is 1.10. The molecule has 0 saturated heterocycles. The molecule has 0 unspecified atom stereocenters. The molecule has 0 bridgehead atoms. The molecule has 0 aliphatic carbocycles. The minimum Gasteiger partial charge on any atom is -0.449 e. The Labute approximate surface area is 152 Å². The molecule has 94 valence electrons. The van der Waals surface area contributed by atoms with E-state index < -0.39 is 31.4 Å². The predicted molar refractivity (Wildman–Crippen MR) is 61.2 cm³/mol. The number of anilines is 1. The van der Waals surface area contributed by atoms with Gasteiger partial charge in [-0.2, -0.15) is 0 Å². The van der Waals surface area contributed by atoms with Gasteiger partial charge in [-0.1, -0.05) is 22.3 Å². The van der Waals surface area contributed by atoms with Gasteiger partial charge in [-0.25, -0.2) is 4.39 Å². The maximum Gasteiger partial charge on any atom is 1.00 e. The van der Waals surface area contributed by atoms with Gasteiger partial charge in [0.1, 0.15) is 5.82 Å². The summed E-state index contributed by atoms with van der Waals surface area (Å²) in [6, 6.07) is 3.81. The zero-order chi connectivity index (χ0) is 13.1. The summed E-state index contributed by atoms with van der Waals surface area (Å²) in [4.78, 5) is 11.1. The predicted octanol–water partition coefficient (Wildman–Crippen LogP) is 0.768. The Kier molecular flexibility index (Phi) is 8.27. The molecule has 1 aromatic carbocycles. The van der Waals surface area contributed by atoms with Crippen molar-refractivity contribution in [3.63, 3.8) is 0 Å². The smallest absolute Gasteiger partial charge is 0.449 e. The second-order valence-electron chi connectivity index (χ2n) is 3.42. The summed E-state index contributed by atoms with van der Waals surface area (Å²) in [7, 11) is 0. The van der Waals surface area contributed by atoms with Crippen molar-refractivity contribution in [3.05, 3.63) is 28.5 Å². The van der Waals surface area contributed by atoms with Gasteiger partial charge in [0.15, 0.2) is 0 Å². The minimum absolute atomic E-state index is 0. The molecule has 0 aliphatic heterocycles. The van der Waals surface area contributed by atoms with Crippen LogP contribution in [0.4, 0.5) is 23.0 Å². The molecule has 0 saturated carbocycles. The van der Waals surface area contributed by atoms with E-state index in [1.165, 1.54) is 12.1 Å². The van der Waals surface area contributed by atoms with Gasteiger partial charge in [-0.05, 0) is 18.2 Å². The monoisotopic (exact) mass is 351 g/mol. The number of rotatable bonds is 4. The van der Waals surface area contributed by atoms with Crippen LogP contribution in [0.2, 0.25) is 6.32 Å². The number of nitrogens with one attached hydrogen (secondary N) is 1. The Hall–Kier alpha value is 0.591. The summed E-state index contributed by atoms with van der Waals surface area (Å²) in [6.07, 6.45) is -1.86. The molecule has 1 amide bonds. The molecule has 2 nitrogen and oxygen atoms in total. The fraction of sp³-hybridized carbons (Fsp3) is 0.222. The molecule has 1 N–H and O–H groups in total. The van der Waals surface area contributed by atoms with E-state index in [1.54, 1.807) is 0 Å². The topological polar surface area (TPSA) is 29.1 Å². The Morgan fingerprint density at radius 3 is 2.50 bits per heavy atom. The van der Waals surface area contributed by atoms with Crippen LogP contribution in [-0.2, 0) is 4.79 Å². The SMILES string of the molecule is O=C(CC[B-](F)(F)F)Nc1cc(Br)ccc1F.[K+]. The first kappa shape index (κ1) is 18.6. The first-order valence-corrected chi connectivity index (χ1v) is 5.53. The van der Waals surface area contributed by atoms with E-state index in [-0.39, 0.29) is 57.1 Å². The van der Waals surface area contributed by atoms with Crippen molar-refractivity contribution in [2.75, 3.05) is 5.32 Å². The number of benzene rings is 1. The van der Waals surface area contributed by atoms with Gasteiger partial charge in [0.05, 0.1) is 5.69 Å². The number of hydrogen-bond acceptors (Lipinski definition) is 1. The normalized spacial score (nSPS) is 10.7. The number of carbonyl (C=O) groups excluding carboxylic acids is 1. The minimum atomic E-state index is -4.99.